The van der Waals surface area contributed by atoms with Crippen LogP contribution >= 0.6 is 0 Å². The second-order valence-corrected chi connectivity index (χ2v) is 11.9. The Morgan fingerprint density at radius 2 is 1.50 bits per heavy atom. The van der Waals surface area contributed by atoms with Crippen molar-refractivity contribution in [3.8, 4) is 40.6 Å². The summed E-state index contributed by atoms with van der Waals surface area (Å²) in [5.41, 5.74) is 4.21. The maximum absolute atomic E-state index is 13.2. The summed E-state index contributed by atoms with van der Waals surface area (Å²) >= 11 is 0. The number of ether oxygens (including phenoxy) is 4. The standard InChI is InChI=1S/C33H38N6O7/c1-15-29(43-4)17-11-21-26-25-18(30(44-5)16(2)32(46-7)28(25)41)10-20(38(26)3)22(12-34)39(21)23(24(17)27(40)31(15)45-6)14-37-33(42)19-13-35-8-9-36-19/h8-9,13,20-23,26,40-41H,10-11,14H2,1-7H3,(H,37,42)/t20-,21+,22+,23+,26-/m1/s1. The molecular weight excluding hydrogens is 592 g/mol. The van der Waals surface area contributed by atoms with Crippen LogP contribution in [0.25, 0.3) is 0 Å². The van der Waals surface area contributed by atoms with Crippen molar-refractivity contribution in [1.82, 2.24) is 25.1 Å². The number of fused-ring (bicyclic) bond motifs is 7. The van der Waals surface area contributed by atoms with Crippen molar-refractivity contribution in [2.45, 2.75) is 56.9 Å². The molecule has 242 valence electrons. The van der Waals surface area contributed by atoms with Gasteiger partial charge in [0.2, 0.25) is 0 Å². The van der Waals surface area contributed by atoms with Crippen molar-refractivity contribution < 1.29 is 34.0 Å². The average molecular weight is 631 g/mol. The molecule has 0 radical (unpaired) electrons. The topological polar surface area (TPSA) is 163 Å². The molecule has 1 aromatic heterocycles. The molecule has 0 unspecified atom stereocenters. The average Bonchev–Trinajstić information content (AvgIpc) is 3.05. The van der Waals surface area contributed by atoms with Crippen molar-refractivity contribution >= 4 is 5.91 Å². The zero-order valence-corrected chi connectivity index (χ0v) is 26.9. The van der Waals surface area contributed by atoms with Crippen molar-refractivity contribution in [2.24, 2.45) is 0 Å². The number of phenolic OH excluding ortho intramolecular Hbond substituents is 2. The van der Waals surface area contributed by atoms with Gasteiger partial charge in [-0.15, -0.1) is 0 Å². The van der Waals surface area contributed by atoms with Gasteiger partial charge in [-0.3, -0.25) is 19.6 Å². The molecule has 1 amide bonds. The van der Waals surface area contributed by atoms with Crippen molar-refractivity contribution in [2.75, 3.05) is 42.0 Å². The number of nitriles is 1. The molecule has 1 saturated heterocycles. The molecule has 0 spiro atoms. The minimum atomic E-state index is -0.681. The largest absolute Gasteiger partial charge is 0.504 e. The number of aromatic hydroxyl groups is 2. The summed E-state index contributed by atoms with van der Waals surface area (Å²) in [6, 6.07) is 0.0777. The van der Waals surface area contributed by atoms with Gasteiger partial charge in [0.25, 0.3) is 5.91 Å². The lowest BCUT2D eigenvalue weighted by atomic mass is 9.71. The Balaban J connectivity index is 1.59. The van der Waals surface area contributed by atoms with Gasteiger partial charge in [0, 0.05) is 64.4 Å². The Labute approximate surface area is 267 Å². The van der Waals surface area contributed by atoms with Crippen LogP contribution < -0.4 is 24.3 Å². The van der Waals surface area contributed by atoms with Crippen molar-refractivity contribution in [3.05, 3.63) is 57.7 Å². The van der Waals surface area contributed by atoms with Crippen LogP contribution in [0, 0.1) is 25.2 Å². The van der Waals surface area contributed by atoms with E-state index in [2.05, 4.69) is 31.2 Å². The number of likely N-dealkylation sites (N-methyl/N-ethyl adjacent to an activating group) is 1. The third-order valence-corrected chi connectivity index (χ3v) is 9.91. The maximum atomic E-state index is 13.2. The number of nitrogens with zero attached hydrogens (tertiary/aromatic N) is 5. The Hall–Kier alpha value is -4.80. The summed E-state index contributed by atoms with van der Waals surface area (Å²) in [4.78, 5) is 25.6. The lowest BCUT2D eigenvalue weighted by Crippen LogP contribution is -2.68. The highest BCUT2D eigenvalue weighted by Gasteiger charge is 2.57. The summed E-state index contributed by atoms with van der Waals surface area (Å²) in [6.07, 6.45) is 5.08. The second-order valence-electron chi connectivity index (χ2n) is 11.9. The number of nitrogens with one attached hydrogen (secondary N) is 1. The summed E-state index contributed by atoms with van der Waals surface area (Å²) in [7, 11) is 8.12. The Kier molecular flexibility index (Phi) is 8.04. The van der Waals surface area contributed by atoms with Gasteiger partial charge < -0.3 is 34.5 Å². The number of carbonyl (C=O) groups is 1. The SMILES string of the molecule is COc1c(C)c(OC)c2c(c1O)[C@H]1[C@@H]3Cc4c(OC)c(C)c(OC)c(O)c4[C@H](CNC(=O)c4cnccn4)N3[C@@H](C#N)[C@@H](C2)N1C. The third-order valence-electron chi connectivity index (χ3n) is 9.91. The molecule has 2 bridgehead atoms. The molecule has 1 fully saturated rings. The van der Waals surface area contributed by atoms with E-state index in [0.717, 1.165) is 11.1 Å². The van der Waals surface area contributed by atoms with E-state index in [0.29, 0.717) is 52.3 Å². The summed E-state index contributed by atoms with van der Waals surface area (Å²) < 4.78 is 23.2. The van der Waals surface area contributed by atoms with Crippen LogP contribution in [-0.2, 0) is 12.8 Å². The first-order valence-corrected chi connectivity index (χ1v) is 15.0. The molecule has 13 nitrogen and oxygen atoms in total. The Morgan fingerprint density at radius 1 is 0.935 bits per heavy atom. The highest BCUT2D eigenvalue weighted by Crippen LogP contribution is 2.58. The fourth-order valence-electron chi connectivity index (χ4n) is 8.11. The molecule has 6 rings (SSSR count). The number of amides is 1. The quantitative estimate of drug-likeness (QED) is 0.351. The lowest BCUT2D eigenvalue weighted by molar-refractivity contribution is -0.0724. The van der Waals surface area contributed by atoms with Gasteiger partial charge in [-0.2, -0.15) is 5.26 Å². The smallest absolute Gasteiger partial charge is 0.271 e. The van der Waals surface area contributed by atoms with E-state index < -0.39 is 30.1 Å². The monoisotopic (exact) mass is 630 g/mol. The normalized spacial score (nSPS) is 23.3. The van der Waals surface area contributed by atoms with E-state index in [1.807, 2.05) is 20.9 Å². The molecule has 3 aliphatic rings. The molecule has 0 aliphatic carbocycles. The molecule has 13 heteroatoms. The number of aromatic nitrogens is 2. The molecular formula is C33H38N6O7. The van der Waals surface area contributed by atoms with Crippen LogP contribution in [0.15, 0.2) is 18.6 Å². The highest BCUT2D eigenvalue weighted by molar-refractivity contribution is 5.91. The minimum Gasteiger partial charge on any atom is -0.504 e. The van der Waals surface area contributed by atoms with Crippen molar-refractivity contribution in [3.63, 3.8) is 0 Å². The van der Waals surface area contributed by atoms with Gasteiger partial charge in [-0.1, -0.05) is 0 Å². The number of hydrogen-bond donors (Lipinski definition) is 3. The number of carbonyl (C=O) groups excluding carboxylic acids is 1. The van der Waals surface area contributed by atoms with E-state index in [1.165, 1.54) is 32.8 Å². The van der Waals surface area contributed by atoms with Crippen LogP contribution in [0.2, 0.25) is 0 Å². The van der Waals surface area contributed by atoms with Crippen LogP contribution in [0.3, 0.4) is 0 Å². The summed E-state index contributed by atoms with van der Waals surface area (Å²) in [5.74, 6) is 1.27. The van der Waals surface area contributed by atoms with Crippen LogP contribution in [0.1, 0.15) is 56.0 Å². The molecule has 3 aromatic rings. The number of piperazine rings is 1. The number of methoxy groups -OCH3 is 4. The number of benzene rings is 2. The van der Waals surface area contributed by atoms with Gasteiger partial charge in [0.1, 0.15) is 23.2 Å². The van der Waals surface area contributed by atoms with Gasteiger partial charge in [-0.05, 0) is 33.7 Å². The van der Waals surface area contributed by atoms with E-state index in [1.54, 1.807) is 14.2 Å². The van der Waals surface area contributed by atoms with E-state index in [-0.39, 0.29) is 35.5 Å². The fraction of sp³-hybridized carbons (Fsp3) is 0.455. The van der Waals surface area contributed by atoms with Crippen LogP contribution in [0.5, 0.6) is 34.5 Å². The number of rotatable bonds is 7. The molecule has 5 atom stereocenters. The first-order valence-electron chi connectivity index (χ1n) is 15.0. The van der Waals surface area contributed by atoms with Crippen molar-refractivity contribution in [1.29, 1.82) is 5.26 Å². The number of hydrogen-bond acceptors (Lipinski definition) is 12. The Bertz CT molecular complexity index is 1740. The first kappa shape index (κ1) is 31.2. The fourth-order valence-corrected chi connectivity index (χ4v) is 8.11. The lowest BCUT2D eigenvalue weighted by Gasteiger charge is -2.60. The molecule has 0 saturated carbocycles. The zero-order chi connectivity index (χ0) is 33.0. The summed E-state index contributed by atoms with van der Waals surface area (Å²) in [6.45, 7) is 3.69. The molecule has 46 heavy (non-hydrogen) atoms. The second kappa shape index (κ2) is 11.9. The van der Waals surface area contributed by atoms with Gasteiger partial charge in [0.05, 0.1) is 52.8 Å². The van der Waals surface area contributed by atoms with E-state index in [4.69, 9.17) is 18.9 Å². The minimum absolute atomic E-state index is 0.0282. The van der Waals surface area contributed by atoms with Gasteiger partial charge in [0.15, 0.2) is 23.0 Å². The molecule has 4 heterocycles. The molecule has 3 aliphatic heterocycles. The predicted molar refractivity (Wildman–Crippen MR) is 166 cm³/mol. The number of phenols is 2. The van der Waals surface area contributed by atoms with Gasteiger partial charge in [-0.25, -0.2) is 4.98 Å². The van der Waals surface area contributed by atoms with E-state index >= 15 is 0 Å². The maximum Gasteiger partial charge on any atom is 0.271 e. The highest BCUT2D eigenvalue weighted by atomic mass is 16.5. The van der Waals surface area contributed by atoms with Crippen LogP contribution in [0.4, 0.5) is 0 Å². The van der Waals surface area contributed by atoms with Gasteiger partial charge >= 0.3 is 0 Å². The van der Waals surface area contributed by atoms with E-state index in [9.17, 15) is 20.3 Å². The molecule has 3 N–H and O–H groups in total. The Morgan fingerprint density at radius 3 is 2.04 bits per heavy atom. The zero-order valence-electron chi connectivity index (χ0n) is 26.9. The first-order chi connectivity index (χ1) is 22.1. The van der Waals surface area contributed by atoms with Crippen LogP contribution in [-0.4, -0.2) is 96.0 Å². The third kappa shape index (κ3) is 4.39. The summed E-state index contributed by atoms with van der Waals surface area (Å²) in [5, 5.41) is 37.3. The predicted octanol–water partition coefficient (Wildman–Crippen LogP) is 2.74. The molecule has 2 aromatic carbocycles.